The Morgan fingerprint density at radius 2 is 1.48 bits per heavy atom. The van der Waals surface area contributed by atoms with E-state index in [4.69, 9.17) is 8.85 Å². The Morgan fingerprint density at radius 1 is 0.762 bits per heavy atom. The second-order valence-electron chi connectivity index (χ2n) is 5.36. The first-order valence-corrected chi connectivity index (χ1v) is 8.83. The molecule has 0 bridgehead atoms. The van der Waals surface area contributed by atoms with Gasteiger partial charge in [0.15, 0.2) is 0 Å². The molecule has 0 aliphatic rings. The van der Waals surface area contributed by atoms with Crippen LogP contribution >= 0.6 is 0 Å². The lowest BCUT2D eigenvalue weighted by Crippen LogP contribution is -2.27. The van der Waals surface area contributed by atoms with Gasteiger partial charge < -0.3 is 8.85 Å². The molecule has 0 aliphatic carbocycles. The van der Waals surface area contributed by atoms with E-state index in [1.165, 1.54) is 27.1 Å². The Morgan fingerprint density at radius 3 is 2.24 bits per heavy atom. The molecule has 0 heterocycles. The molecule has 0 aromatic heterocycles. The summed E-state index contributed by atoms with van der Waals surface area (Å²) in [7, 11) is 1.81. The maximum absolute atomic E-state index is 5.57. The minimum atomic E-state index is -1.68. The fraction of sp³-hybridized carbons (Fsp3) is 0.222. The van der Waals surface area contributed by atoms with Gasteiger partial charge in [-0.3, -0.25) is 0 Å². The van der Waals surface area contributed by atoms with Crippen molar-refractivity contribution in [3.63, 3.8) is 0 Å². The minimum Gasteiger partial charge on any atom is -0.400 e. The van der Waals surface area contributed by atoms with Crippen molar-refractivity contribution in [2.24, 2.45) is 0 Å². The average Bonchev–Trinajstić information content (AvgIpc) is 2.55. The van der Waals surface area contributed by atoms with Crippen molar-refractivity contribution in [2.75, 3.05) is 14.2 Å². The van der Waals surface area contributed by atoms with Crippen molar-refractivity contribution in [1.82, 2.24) is 0 Å². The smallest absolute Gasteiger partial charge is 0.328 e. The molecule has 21 heavy (non-hydrogen) atoms. The van der Waals surface area contributed by atoms with Crippen LogP contribution in [0.25, 0.3) is 21.5 Å². The van der Waals surface area contributed by atoms with Crippen molar-refractivity contribution in [2.45, 2.75) is 12.5 Å². The van der Waals surface area contributed by atoms with Crippen LogP contribution in [0.15, 0.2) is 54.6 Å². The van der Waals surface area contributed by atoms with Gasteiger partial charge in [-0.1, -0.05) is 61.5 Å². The molecule has 108 valence electrons. The normalized spacial score (nSPS) is 13.1. The van der Waals surface area contributed by atoms with Gasteiger partial charge >= 0.3 is 9.28 Å². The molecule has 1 atom stereocenters. The van der Waals surface area contributed by atoms with Crippen molar-refractivity contribution >= 4 is 30.8 Å². The SMILES string of the molecule is CO[SiH](OC)C(C)c1cccc2c1ccc1ccccc12. The molecule has 0 amide bonds. The summed E-state index contributed by atoms with van der Waals surface area (Å²) in [4.78, 5) is 0. The van der Waals surface area contributed by atoms with Gasteiger partial charge in [0.25, 0.3) is 0 Å². The van der Waals surface area contributed by atoms with Crippen LogP contribution in [0.2, 0.25) is 0 Å². The van der Waals surface area contributed by atoms with Crippen molar-refractivity contribution in [1.29, 1.82) is 0 Å². The van der Waals surface area contributed by atoms with E-state index in [0.29, 0.717) is 5.54 Å². The first-order chi connectivity index (χ1) is 10.3. The molecule has 2 nitrogen and oxygen atoms in total. The molecule has 3 aromatic carbocycles. The van der Waals surface area contributed by atoms with E-state index >= 15 is 0 Å². The quantitative estimate of drug-likeness (QED) is 0.532. The molecule has 0 saturated heterocycles. The predicted molar refractivity (Wildman–Crippen MR) is 91.0 cm³/mol. The summed E-state index contributed by atoms with van der Waals surface area (Å²) < 4.78 is 11.1. The number of rotatable bonds is 4. The highest BCUT2D eigenvalue weighted by Crippen LogP contribution is 2.32. The number of benzene rings is 3. The van der Waals surface area contributed by atoms with Gasteiger partial charge in [0.05, 0.1) is 0 Å². The van der Waals surface area contributed by atoms with E-state index in [0.717, 1.165) is 0 Å². The first-order valence-electron chi connectivity index (χ1n) is 7.22. The summed E-state index contributed by atoms with van der Waals surface area (Å²) in [6.07, 6.45) is 0. The van der Waals surface area contributed by atoms with E-state index in [1.807, 2.05) is 0 Å². The Balaban J connectivity index is 2.23. The van der Waals surface area contributed by atoms with Crippen LogP contribution in [0.4, 0.5) is 0 Å². The third kappa shape index (κ3) is 2.48. The lowest BCUT2D eigenvalue weighted by molar-refractivity contribution is 0.269. The summed E-state index contributed by atoms with van der Waals surface area (Å²) in [5.74, 6) is 0. The Labute approximate surface area is 127 Å². The van der Waals surface area contributed by atoms with Crippen LogP contribution in [-0.2, 0) is 8.85 Å². The molecule has 0 fully saturated rings. The third-order valence-corrected chi connectivity index (χ3v) is 6.29. The van der Waals surface area contributed by atoms with Gasteiger partial charge in [-0.05, 0) is 27.1 Å². The molecule has 0 aliphatic heterocycles. The lowest BCUT2D eigenvalue weighted by atomic mass is 9.97. The third-order valence-electron chi connectivity index (χ3n) is 4.18. The van der Waals surface area contributed by atoms with Gasteiger partial charge in [-0.2, -0.15) is 0 Å². The maximum Gasteiger partial charge on any atom is 0.328 e. The van der Waals surface area contributed by atoms with Gasteiger partial charge in [-0.15, -0.1) is 0 Å². The molecule has 0 N–H and O–H groups in total. The van der Waals surface area contributed by atoms with Gasteiger partial charge in [0.1, 0.15) is 0 Å². The molecule has 0 radical (unpaired) electrons. The topological polar surface area (TPSA) is 18.5 Å². The highest BCUT2D eigenvalue weighted by molar-refractivity contribution is 6.46. The fourth-order valence-electron chi connectivity index (χ4n) is 3.11. The number of hydrogen-bond donors (Lipinski definition) is 0. The highest BCUT2D eigenvalue weighted by atomic mass is 28.3. The van der Waals surface area contributed by atoms with E-state index in [9.17, 15) is 0 Å². The number of fused-ring (bicyclic) bond motifs is 3. The van der Waals surface area contributed by atoms with Crippen LogP contribution in [0.3, 0.4) is 0 Å². The molecule has 3 heteroatoms. The molecule has 3 rings (SSSR count). The Kier molecular flexibility index (Phi) is 4.06. The van der Waals surface area contributed by atoms with Crippen molar-refractivity contribution < 1.29 is 8.85 Å². The van der Waals surface area contributed by atoms with Gasteiger partial charge in [0, 0.05) is 19.8 Å². The van der Waals surface area contributed by atoms with E-state index in [1.54, 1.807) is 14.2 Å². The molecular formula is C18H20O2Si. The minimum absolute atomic E-state index is 0.310. The van der Waals surface area contributed by atoms with Gasteiger partial charge in [-0.25, -0.2) is 0 Å². The lowest BCUT2D eigenvalue weighted by Gasteiger charge is -2.21. The summed E-state index contributed by atoms with van der Waals surface area (Å²) in [5.41, 5.74) is 1.63. The Hall–Kier alpha value is -1.68. The first kappa shape index (κ1) is 14.3. The standard InChI is InChI=1S/C18H20O2Si/c1-13(21(19-2)20-3)15-9-6-10-17-16-8-5-4-7-14(16)11-12-18(15)17/h4-13,21H,1-3H3. The van der Waals surface area contributed by atoms with E-state index in [-0.39, 0.29) is 0 Å². The van der Waals surface area contributed by atoms with Gasteiger partial charge in [0.2, 0.25) is 0 Å². The molecule has 0 saturated carbocycles. The average molecular weight is 296 g/mol. The van der Waals surface area contributed by atoms with Crippen LogP contribution < -0.4 is 0 Å². The summed E-state index contributed by atoms with van der Waals surface area (Å²) >= 11 is 0. The Bertz CT molecular complexity index is 765. The van der Waals surface area contributed by atoms with Crippen LogP contribution in [0.1, 0.15) is 18.0 Å². The molecule has 3 aromatic rings. The zero-order valence-electron chi connectivity index (χ0n) is 12.7. The van der Waals surface area contributed by atoms with Crippen molar-refractivity contribution in [3.05, 3.63) is 60.2 Å². The number of hydrogen-bond acceptors (Lipinski definition) is 2. The summed E-state index contributed by atoms with van der Waals surface area (Å²) in [5, 5.41) is 5.19. The van der Waals surface area contributed by atoms with Crippen LogP contribution in [0, 0.1) is 0 Å². The highest BCUT2D eigenvalue weighted by Gasteiger charge is 2.23. The zero-order chi connectivity index (χ0) is 14.8. The second-order valence-corrected chi connectivity index (χ2v) is 8.04. The monoisotopic (exact) mass is 296 g/mol. The summed E-state index contributed by atoms with van der Waals surface area (Å²) in [6, 6.07) is 19.5. The van der Waals surface area contributed by atoms with Crippen LogP contribution in [0.5, 0.6) is 0 Å². The second kappa shape index (κ2) is 5.98. The molecular weight excluding hydrogens is 276 g/mol. The largest absolute Gasteiger partial charge is 0.400 e. The van der Waals surface area contributed by atoms with E-state index in [2.05, 4.69) is 61.5 Å². The van der Waals surface area contributed by atoms with E-state index < -0.39 is 9.28 Å². The predicted octanol–water partition coefficient (Wildman–Crippen LogP) is 4.15. The molecule has 0 spiro atoms. The fourth-order valence-corrected chi connectivity index (χ4v) is 4.71. The van der Waals surface area contributed by atoms with Crippen LogP contribution in [-0.4, -0.2) is 23.5 Å². The molecule has 1 unspecified atom stereocenters. The maximum atomic E-state index is 5.57. The summed E-state index contributed by atoms with van der Waals surface area (Å²) in [6.45, 7) is 2.20. The van der Waals surface area contributed by atoms with Crippen molar-refractivity contribution in [3.8, 4) is 0 Å². The zero-order valence-corrected chi connectivity index (χ0v) is 13.8.